The van der Waals surface area contributed by atoms with Crippen LogP contribution in [-0.2, 0) is 10.3 Å². The normalized spacial score (nSPS) is 11.1. The lowest BCUT2D eigenvalue weighted by atomic mass is 9.93. The molecule has 182 valence electrons. The highest BCUT2D eigenvalue weighted by Crippen LogP contribution is 2.36. The van der Waals surface area contributed by atoms with Crippen molar-refractivity contribution in [1.82, 2.24) is 4.98 Å². The van der Waals surface area contributed by atoms with Crippen LogP contribution >= 0.6 is 22.9 Å². The standard InChI is InChI=1S/C26H22ClN5O3S/c1-14(33)30-25-32-20-10-11-21(18(13-28)23(20)36-25)35-16-7-4-6-15(12-16)31-24(34)17-8-5-9-19(22(17)27)26(2,3)29/h4-12H,29H2,1-3H3,(H,31,34)(H,30,32,33). The Labute approximate surface area is 216 Å². The number of nitrogens with one attached hydrogen (secondary N) is 2. The van der Waals surface area contributed by atoms with Gasteiger partial charge in [0.1, 0.15) is 23.1 Å². The van der Waals surface area contributed by atoms with Gasteiger partial charge in [0, 0.05) is 24.2 Å². The topological polar surface area (TPSA) is 130 Å². The van der Waals surface area contributed by atoms with Crippen molar-refractivity contribution >= 4 is 55.8 Å². The van der Waals surface area contributed by atoms with E-state index in [1.54, 1.807) is 54.6 Å². The third-order valence-corrected chi connectivity index (χ3v) is 6.58. The molecule has 4 rings (SSSR count). The van der Waals surface area contributed by atoms with Gasteiger partial charge in [0.25, 0.3) is 5.91 Å². The smallest absolute Gasteiger partial charge is 0.257 e. The van der Waals surface area contributed by atoms with Crippen molar-refractivity contribution < 1.29 is 14.3 Å². The second kappa shape index (κ2) is 9.95. The number of nitrogens with two attached hydrogens (primary N) is 1. The third-order valence-electron chi connectivity index (χ3n) is 5.17. The SMILES string of the molecule is CC(=O)Nc1nc2ccc(Oc3cccc(NC(=O)c4cccc(C(C)(C)N)c4Cl)c3)c(C#N)c2s1. The Morgan fingerprint density at radius 1 is 1.14 bits per heavy atom. The van der Waals surface area contributed by atoms with Crippen LogP contribution in [0.1, 0.15) is 42.3 Å². The number of nitrogens with zero attached hydrogens (tertiary/aromatic N) is 2. The number of aromatic nitrogens is 1. The van der Waals surface area contributed by atoms with Gasteiger partial charge in [0.05, 0.1) is 20.8 Å². The highest BCUT2D eigenvalue weighted by atomic mass is 35.5. The molecule has 0 radical (unpaired) electrons. The van der Waals surface area contributed by atoms with E-state index in [0.717, 1.165) is 0 Å². The molecule has 0 aliphatic heterocycles. The van der Waals surface area contributed by atoms with Crippen LogP contribution in [0.25, 0.3) is 10.2 Å². The minimum atomic E-state index is -0.707. The molecule has 0 bridgehead atoms. The molecule has 0 atom stereocenters. The minimum absolute atomic E-state index is 0.248. The molecular formula is C26H22ClN5O3S. The van der Waals surface area contributed by atoms with E-state index in [1.165, 1.54) is 18.3 Å². The van der Waals surface area contributed by atoms with E-state index in [-0.39, 0.29) is 5.91 Å². The molecule has 1 aromatic heterocycles. The fraction of sp³-hybridized carbons (Fsp3) is 0.154. The van der Waals surface area contributed by atoms with Crippen LogP contribution in [0, 0.1) is 11.3 Å². The van der Waals surface area contributed by atoms with E-state index in [2.05, 4.69) is 21.7 Å². The van der Waals surface area contributed by atoms with Crippen molar-refractivity contribution in [1.29, 1.82) is 5.26 Å². The van der Waals surface area contributed by atoms with Crippen LogP contribution in [0.4, 0.5) is 10.8 Å². The van der Waals surface area contributed by atoms with E-state index in [4.69, 9.17) is 22.1 Å². The molecule has 0 saturated carbocycles. The van der Waals surface area contributed by atoms with E-state index >= 15 is 0 Å². The number of ether oxygens (including phenoxy) is 1. The van der Waals surface area contributed by atoms with Gasteiger partial charge >= 0.3 is 0 Å². The third kappa shape index (κ3) is 5.31. The molecule has 0 saturated heterocycles. The van der Waals surface area contributed by atoms with E-state index in [9.17, 15) is 14.9 Å². The summed E-state index contributed by atoms with van der Waals surface area (Å²) in [6, 6.07) is 17.5. The zero-order valence-corrected chi connectivity index (χ0v) is 21.3. The zero-order valence-electron chi connectivity index (χ0n) is 19.7. The van der Waals surface area contributed by atoms with Crippen molar-refractivity contribution in [3.63, 3.8) is 0 Å². The number of thiazole rings is 1. The molecule has 8 nitrogen and oxygen atoms in total. The van der Waals surface area contributed by atoms with Crippen molar-refractivity contribution in [3.8, 4) is 17.6 Å². The largest absolute Gasteiger partial charge is 0.456 e. The minimum Gasteiger partial charge on any atom is -0.456 e. The van der Waals surface area contributed by atoms with E-state index in [0.29, 0.717) is 54.2 Å². The Morgan fingerprint density at radius 3 is 2.58 bits per heavy atom. The van der Waals surface area contributed by atoms with Gasteiger partial charge in [-0.25, -0.2) is 4.98 Å². The summed E-state index contributed by atoms with van der Waals surface area (Å²) < 4.78 is 6.59. The zero-order chi connectivity index (χ0) is 26.0. The Balaban J connectivity index is 1.59. The predicted octanol–water partition coefficient (Wildman–Crippen LogP) is 6.02. The van der Waals surface area contributed by atoms with Gasteiger partial charge in [-0.2, -0.15) is 5.26 Å². The fourth-order valence-corrected chi connectivity index (χ4v) is 4.99. The van der Waals surface area contributed by atoms with Gasteiger partial charge in [-0.05, 0) is 49.7 Å². The maximum Gasteiger partial charge on any atom is 0.257 e. The molecule has 3 aromatic carbocycles. The summed E-state index contributed by atoms with van der Waals surface area (Å²) in [6.07, 6.45) is 0. The Bertz CT molecular complexity index is 1540. The summed E-state index contributed by atoms with van der Waals surface area (Å²) in [7, 11) is 0. The molecule has 0 unspecified atom stereocenters. The molecule has 4 aromatic rings. The number of carbonyl (C=O) groups is 2. The van der Waals surface area contributed by atoms with Crippen LogP contribution in [0.5, 0.6) is 11.5 Å². The number of hydrogen-bond acceptors (Lipinski definition) is 7. The summed E-state index contributed by atoms with van der Waals surface area (Å²) in [6.45, 7) is 5.02. The predicted molar refractivity (Wildman–Crippen MR) is 142 cm³/mol. The van der Waals surface area contributed by atoms with Gasteiger partial charge in [0.15, 0.2) is 5.13 Å². The summed E-state index contributed by atoms with van der Waals surface area (Å²) in [5.41, 5.74) is 7.79. The summed E-state index contributed by atoms with van der Waals surface area (Å²) in [5, 5.41) is 15.9. The lowest BCUT2D eigenvalue weighted by Gasteiger charge is -2.22. The lowest BCUT2D eigenvalue weighted by Crippen LogP contribution is -2.29. The Morgan fingerprint density at radius 2 is 1.89 bits per heavy atom. The molecule has 0 fully saturated rings. The van der Waals surface area contributed by atoms with Crippen molar-refractivity contribution in [3.05, 3.63) is 76.3 Å². The quantitative estimate of drug-likeness (QED) is 0.285. The number of benzene rings is 3. The average Bonchev–Trinajstić information content (AvgIpc) is 3.20. The number of anilines is 2. The first kappa shape index (κ1) is 25.1. The molecule has 0 aliphatic carbocycles. The number of halogens is 1. The number of nitriles is 1. The highest BCUT2D eigenvalue weighted by molar-refractivity contribution is 7.22. The number of carbonyl (C=O) groups excluding carboxylic acids is 2. The average molecular weight is 520 g/mol. The summed E-state index contributed by atoms with van der Waals surface area (Å²) >= 11 is 7.67. The monoisotopic (exact) mass is 519 g/mol. The molecule has 2 amide bonds. The summed E-state index contributed by atoms with van der Waals surface area (Å²) in [5.74, 6) is 0.103. The molecule has 0 spiro atoms. The maximum absolute atomic E-state index is 13.0. The van der Waals surface area contributed by atoms with Crippen LogP contribution in [0.2, 0.25) is 5.02 Å². The van der Waals surface area contributed by atoms with Gasteiger partial charge < -0.3 is 21.1 Å². The molecule has 0 aliphatic rings. The lowest BCUT2D eigenvalue weighted by molar-refractivity contribution is -0.114. The second-order valence-corrected chi connectivity index (χ2v) is 9.95. The first-order chi connectivity index (χ1) is 17.1. The highest BCUT2D eigenvalue weighted by Gasteiger charge is 2.22. The first-order valence-corrected chi connectivity index (χ1v) is 12.0. The van der Waals surface area contributed by atoms with Gasteiger partial charge in [0.2, 0.25) is 5.91 Å². The summed E-state index contributed by atoms with van der Waals surface area (Å²) in [4.78, 5) is 28.6. The van der Waals surface area contributed by atoms with Gasteiger partial charge in [-0.3, -0.25) is 9.59 Å². The Hall–Kier alpha value is -3.97. The Kier molecular flexibility index (Phi) is 6.95. The molecule has 4 N–H and O–H groups in total. The van der Waals surface area contributed by atoms with E-state index < -0.39 is 11.4 Å². The number of rotatable bonds is 6. The maximum atomic E-state index is 13.0. The van der Waals surface area contributed by atoms with Gasteiger partial charge in [-0.15, -0.1) is 0 Å². The van der Waals surface area contributed by atoms with Crippen LogP contribution in [0.15, 0.2) is 54.6 Å². The number of hydrogen-bond donors (Lipinski definition) is 3. The second-order valence-electron chi connectivity index (χ2n) is 8.57. The van der Waals surface area contributed by atoms with Gasteiger partial charge in [-0.1, -0.05) is 41.1 Å². The number of amides is 2. The fourth-order valence-electron chi connectivity index (χ4n) is 3.54. The van der Waals surface area contributed by atoms with Crippen LogP contribution in [0.3, 0.4) is 0 Å². The van der Waals surface area contributed by atoms with Crippen molar-refractivity contribution in [2.75, 3.05) is 10.6 Å². The van der Waals surface area contributed by atoms with Crippen molar-refractivity contribution in [2.24, 2.45) is 5.73 Å². The van der Waals surface area contributed by atoms with Crippen LogP contribution in [-0.4, -0.2) is 16.8 Å². The number of fused-ring (bicyclic) bond motifs is 1. The van der Waals surface area contributed by atoms with E-state index in [1.807, 2.05) is 13.8 Å². The molecule has 1 heterocycles. The van der Waals surface area contributed by atoms with Crippen molar-refractivity contribution in [2.45, 2.75) is 26.3 Å². The molecule has 36 heavy (non-hydrogen) atoms. The molecule has 10 heteroatoms. The first-order valence-electron chi connectivity index (χ1n) is 10.8. The van der Waals surface area contributed by atoms with Crippen LogP contribution < -0.4 is 21.1 Å². The molecular weight excluding hydrogens is 498 g/mol.